The van der Waals surface area contributed by atoms with Gasteiger partial charge in [0.15, 0.2) is 5.69 Å². The topological polar surface area (TPSA) is 75.6 Å². The molecule has 0 saturated carbocycles. The first kappa shape index (κ1) is 18.2. The Morgan fingerprint density at radius 1 is 1.26 bits per heavy atom. The van der Waals surface area contributed by atoms with Crippen LogP contribution in [0.2, 0.25) is 5.02 Å². The largest absolute Gasteiger partial charge is 0.496 e. The SMILES string of the molecule is COc1ccc(Cl)cc1C(=O)N1C[C@@H]2CN(C(=O)c3nsnc3C)CC[C@@H]21. The summed E-state index contributed by atoms with van der Waals surface area (Å²) in [6.07, 6.45) is 0.752. The zero-order valence-electron chi connectivity index (χ0n) is 15.0. The lowest BCUT2D eigenvalue weighted by molar-refractivity contribution is -0.0228. The van der Waals surface area contributed by atoms with Crippen LogP contribution in [-0.2, 0) is 0 Å². The molecule has 3 heterocycles. The highest BCUT2D eigenvalue weighted by Gasteiger charge is 2.46. The van der Waals surface area contributed by atoms with Crippen molar-refractivity contribution in [2.45, 2.75) is 19.4 Å². The molecule has 2 aromatic rings. The van der Waals surface area contributed by atoms with Gasteiger partial charge in [-0.3, -0.25) is 9.59 Å². The number of hydrogen-bond donors (Lipinski definition) is 0. The minimum atomic E-state index is -0.0741. The molecule has 0 radical (unpaired) electrons. The van der Waals surface area contributed by atoms with E-state index in [0.717, 1.165) is 18.1 Å². The molecule has 1 aromatic heterocycles. The normalized spacial score (nSPS) is 21.4. The number of carbonyl (C=O) groups is 2. The van der Waals surface area contributed by atoms with E-state index >= 15 is 0 Å². The lowest BCUT2D eigenvalue weighted by Crippen LogP contribution is -2.65. The smallest absolute Gasteiger partial charge is 0.275 e. The van der Waals surface area contributed by atoms with Crippen molar-refractivity contribution in [1.82, 2.24) is 18.5 Å². The summed E-state index contributed by atoms with van der Waals surface area (Å²) in [7, 11) is 1.54. The number of fused-ring (bicyclic) bond motifs is 1. The van der Waals surface area contributed by atoms with E-state index in [4.69, 9.17) is 16.3 Å². The summed E-state index contributed by atoms with van der Waals surface area (Å²) >= 11 is 7.11. The van der Waals surface area contributed by atoms with Gasteiger partial charge in [0, 0.05) is 36.6 Å². The molecule has 2 amide bonds. The molecule has 1 aromatic carbocycles. The molecule has 0 N–H and O–H groups in total. The molecule has 7 nitrogen and oxygen atoms in total. The standard InChI is InChI=1S/C18H19ClN4O3S/c1-10-16(21-27-20-10)18(25)22-6-5-14-11(8-22)9-23(14)17(24)13-7-12(19)3-4-15(13)26-2/h3-4,7,11,14H,5-6,8-9H2,1-2H3/t11-,14-/m0/s1. The van der Waals surface area contributed by atoms with Crippen molar-refractivity contribution in [2.75, 3.05) is 26.7 Å². The molecule has 2 saturated heterocycles. The Balaban J connectivity index is 1.44. The minimum absolute atomic E-state index is 0.0685. The summed E-state index contributed by atoms with van der Waals surface area (Å²) in [5, 5.41) is 0.504. The number of rotatable bonds is 3. The predicted octanol–water partition coefficient (Wildman–Crippen LogP) is 2.50. The molecule has 0 aliphatic carbocycles. The maximum absolute atomic E-state index is 13.0. The number of benzene rings is 1. The number of aryl methyl sites for hydroxylation is 1. The van der Waals surface area contributed by atoms with Gasteiger partial charge in [-0.15, -0.1) is 0 Å². The summed E-state index contributed by atoms with van der Waals surface area (Å²) in [4.78, 5) is 29.3. The predicted molar refractivity (Wildman–Crippen MR) is 101 cm³/mol. The van der Waals surface area contributed by atoms with Gasteiger partial charge in [0.25, 0.3) is 11.8 Å². The van der Waals surface area contributed by atoms with E-state index in [9.17, 15) is 9.59 Å². The third-order valence-corrected chi connectivity index (χ3v) is 6.18. The van der Waals surface area contributed by atoms with Crippen molar-refractivity contribution in [3.63, 3.8) is 0 Å². The second-order valence-corrected chi connectivity index (χ2v) is 7.83. The van der Waals surface area contributed by atoms with Crippen molar-refractivity contribution in [1.29, 1.82) is 0 Å². The number of nitrogens with zero attached hydrogens (tertiary/aromatic N) is 4. The maximum atomic E-state index is 13.0. The van der Waals surface area contributed by atoms with Crippen LogP contribution < -0.4 is 4.74 Å². The first-order valence-electron chi connectivity index (χ1n) is 8.72. The van der Waals surface area contributed by atoms with Crippen molar-refractivity contribution >= 4 is 35.1 Å². The van der Waals surface area contributed by atoms with E-state index in [1.165, 1.54) is 0 Å². The monoisotopic (exact) mass is 406 g/mol. The molecule has 0 bridgehead atoms. The van der Waals surface area contributed by atoms with Crippen molar-refractivity contribution in [2.24, 2.45) is 5.92 Å². The van der Waals surface area contributed by atoms with Crippen LogP contribution in [0.5, 0.6) is 5.75 Å². The molecule has 2 aliphatic heterocycles. The molecular formula is C18H19ClN4O3S. The van der Waals surface area contributed by atoms with E-state index in [1.54, 1.807) is 32.2 Å². The van der Waals surface area contributed by atoms with Gasteiger partial charge in [0.1, 0.15) is 5.75 Å². The number of amides is 2. The molecule has 2 atom stereocenters. The molecule has 9 heteroatoms. The van der Waals surface area contributed by atoms with Crippen molar-refractivity contribution < 1.29 is 14.3 Å². The van der Waals surface area contributed by atoms with E-state index < -0.39 is 0 Å². The number of hydrogen-bond acceptors (Lipinski definition) is 6. The molecule has 27 heavy (non-hydrogen) atoms. The van der Waals surface area contributed by atoms with Crippen LogP contribution >= 0.6 is 23.3 Å². The number of carbonyl (C=O) groups excluding carboxylic acids is 2. The summed E-state index contributed by atoms with van der Waals surface area (Å²) in [6, 6.07) is 5.19. The van der Waals surface area contributed by atoms with Gasteiger partial charge >= 0.3 is 0 Å². The molecule has 0 unspecified atom stereocenters. The Hall–Kier alpha value is -2.19. The Bertz CT molecular complexity index is 902. The van der Waals surface area contributed by atoms with E-state index in [0.29, 0.717) is 47.4 Å². The van der Waals surface area contributed by atoms with Crippen LogP contribution in [0.1, 0.15) is 33.0 Å². The third kappa shape index (κ3) is 3.17. The highest BCUT2D eigenvalue weighted by atomic mass is 35.5. The Morgan fingerprint density at radius 2 is 2.07 bits per heavy atom. The van der Waals surface area contributed by atoms with Gasteiger partial charge in [-0.1, -0.05) is 11.6 Å². The first-order chi connectivity index (χ1) is 13.0. The summed E-state index contributed by atoms with van der Waals surface area (Å²) in [5.41, 5.74) is 1.59. The van der Waals surface area contributed by atoms with E-state index in [-0.39, 0.29) is 23.8 Å². The summed E-state index contributed by atoms with van der Waals surface area (Å²) < 4.78 is 13.5. The highest BCUT2D eigenvalue weighted by molar-refractivity contribution is 6.99. The number of methoxy groups -OCH3 is 1. The number of ether oxygens (including phenoxy) is 1. The number of likely N-dealkylation sites (tertiary alicyclic amines) is 2. The zero-order chi connectivity index (χ0) is 19.1. The van der Waals surface area contributed by atoms with Crippen molar-refractivity contribution in [3.05, 3.63) is 40.2 Å². The molecule has 2 fully saturated rings. The second-order valence-electron chi connectivity index (χ2n) is 6.87. The first-order valence-corrected chi connectivity index (χ1v) is 9.83. The van der Waals surface area contributed by atoms with Crippen LogP contribution in [0.3, 0.4) is 0 Å². The van der Waals surface area contributed by atoms with Gasteiger partial charge in [-0.05, 0) is 31.5 Å². The Morgan fingerprint density at radius 3 is 2.74 bits per heavy atom. The van der Waals surface area contributed by atoms with Crippen molar-refractivity contribution in [3.8, 4) is 5.75 Å². The lowest BCUT2D eigenvalue weighted by Gasteiger charge is -2.53. The average molecular weight is 407 g/mol. The van der Waals surface area contributed by atoms with Gasteiger partial charge in [0.2, 0.25) is 0 Å². The fraction of sp³-hybridized carbons (Fsp3) is 0.444. The third-order valence-electron chi connectivity index (χ3n) is 5.32. The second kappa shape index (κ2) is 7.09. The molecule has 2 aliphatic rings. The number of aromatic nitrogens is 2. The Labute approximate surface area is 166 Å². The average Bonchev–Trinajstić information content (AvgIpc) is 3.07. The fourth-order valence-electron chi connectivity index (χ4n) is 3.85. The molecular weight excluding hydrogens is 388 g/mol. The van der Waals surface area contributed by atoms with Crippen LogP contribution in [0, 0.1) is 12.8 Å². The molecule has 4 rings (SSSR count). The van der Waals surface area contributed by atoms with Gasteiger partial charge in [-0.2, -0.15) is 8.75 Å². The Kier molecular flexibility index (Phi) is 4.77. The van der Waals surface area contributed by atoms with E-state index in [2.05, 4.69) is 8.75 Å². The fourth-order valence-corrected chi connectivity index (χ4v) is 4.57. The maximum Gasteiger partial charge on any atom is 0.275 e. The van der Waals surface area contributed by atoms with Crippen LogP contribution in [0.25, 0.3) is 0 Å². The highest BCUT2D eigenvalue weighted by Crippen LogP contribution is 2.36. The van der Waals surface area contributed by atoms with Crippen LogP contribution in [0.15, 0.2) is 18.2 Å². The number of piperidine rings is 1. The minimum Gasteiger partial charge on any atom is -0.496 e. The molecule has 142 valence electrons. The van der Waals surface area contributed by atoms with Crippen LogP contribution in [0.4, 0.5) is 0 Å². The van der Waals surface area contributed by atoms with E-state index in [1.807, 2.05) is 9.80 Å². The lowest BCUT2D eigenvalue weighted by atomic mass is 9.82. The van der Waals surface area contributed by atoms with Crippen LogP contribution in [-0.4, -0.2) is 63.1 Å². The zero-order valence-corrected chi connectivity index (χ0v) is 16.6. The van der Waals surface area contributed by atoms with Gasteiger partial charge < -0.3 is 14.5 Å². The summed E-state index contributed by atoms with van der Waals surface area (Å²) in [6.45, 7) is 3.66. The number of halogens is 1. The summed E-state index contributed by atoms with van der Waals surface area (Å²) in [5.74, 6) is 0.659. The van der Waals surface area contributed by atoms with Gasteiger partial charge in [0.05, 0.1) is 30.1 Å². The molecule has 0 spiro atoms. The van der Waals surface area contributed by atoms with Gasteiger partial charge in [-0.25, -0.2) is 0 Å². The quantitative estimate of drug-likeness (QED) is 0.782.